The van der Waals surface area contributed by atoms with Crippen LogP contribution in [0.5, 0.6) is 17.2 Å². The van der Waals surface area contributed by atoms with Crippen molar-refractivity contribution in [2.24, 2.45) is 0 Å². The van der Waals surface area contributed by atoms with Gasteiger partial charge in [0.15, 0.2) is 18.1 Å². The van der Waals surface area contributed by atoms with Crippen LogP contribution in [0.25, 0.3) is 0 Å². The highest BCUT2D eigenvalue weighted by molar-refractivity contribution is 5.85. The monoisotopic (exact) mass is 436 g/mol. The van der Waals surface area contributed by atoms with Crippen molar-refractivity contribution in [1.29, 1.82) is 0 Å². The number of para-hydroxylation sites is 1. The van der Waals surface area contributed by atoms with E-state index in [1.807, 2.05) is 63.2 Å². The number of carbonyl (C=O) groups is 1. The highest BCUT2D eigenvalue weighted by Gasteiger charge is 2.14. The molecule has 30 heavy (non-hydrogen) atoms. The van der Waals surface area contributed by atoms with Crippen LogP contribution in [0.15, 0.2) is 42.5 Å². The van der Waals surface area contributed by atoms with Crippen molar-refractivity contribution in [3.8, 4) is 17.2 Å². The molecule has 0 atom stereocenters. The molecule has 2 aromatic carbocycles. The standard InChI is InChI=1S/C23H32N2O4.ClH/c1-23(2,3)25-22(26)16-29-19-9-7-6-8-18(19)15-24-13-12-17-10-11-20(27-4)21(14-17)28-5;/h6-11,14,24H,12-13,15-16H2,1-5H3,(H,25,26);1H. The number of amides is 1. The van der Waals surface area contributed by atoms with Gasteiger partial charge in [0.05, 0.1) is 14.2 Å². The van der Waals surface area contributed by atoms with E-state index in [1.165, 1.54) is 5.56 Å². The number of nitrogens with one attached hydrogen (secondary N) is 2. The molecule has 7 heteroatoms. The first-order valence-electron chi connectivity index (χ1n) is 9.75. The summed E-state index contributed by atoms with van der Waals surface area (Å²) in [5.41, 5.74) is 1.91. The van der Waals surface area contributed by atoms with Crippen molar-refractivity contribution in [2.75, 3.05) is 27.4 Å². The van der Waals surface area contributed by atoms with E-state index in [0.29, 0.717) is 6.54 Å². The highest BCUT2D eigenvalue weighted by atomic mass is 35.5. The zero-order valence-electron chi connectivity index (χ0n) is 18.4. The summed E-state index contributed by atoms with van der Waals surface area (Å²) in [6.45, 7) is 7.29. The van der Waals surface area contributed by atoms with Gasteiger partial charge in [-0.1, -0.05) is 24.3 Å². The van der Waals surface area contributed by atoms with Crippen LogP contribution in [0.1, 0.15) is 31.9 Å². The van der Waals surface area contributed by atoms with Gasteiger partial charge < -0.3 is 24.8 Å². The topological polar surface area (TPSA) is 68.8 Å². The average Bonchev–Trinajstić information content (AvgIpc) is 2.68. The summed E-state index contributed by atoms with van der Waals surface area (Å²) in [4.78, 5) is 12.0. The Labute approximate surface area is 185 Å². The number of benzene rings is 2. The van der Waals surface area contributed by atoms with Gasteiger partial charge in [-0.05, 0) is 57.5 Å². The number of hydrogen-bond donors (Lipinski definition) is 2. The second-order valence-electron chi connectivity index (χ2n) is 7.81. The second-order valence-corrected chi connectivity index (χ2v) is 7.81. The molecule has 0 spiro atoms. The number of halogens is 1. The molecule has 0 aliphatic heterocycles. The van der Waals surface area contributed by atoms with E-state index >= 15 is 0 Å². The van der Waals surface area contributed by atoms with E-state index in [9.17, 15) is 4.79 Å². The zero-order valence-corrected chi connectivity index (χ0v) is 19.2. The fraction of sp³-hybridized carbons (Fsp3) is 0.435. The lowest BCUT2D eigenvalue weighted by Crippen LogP contribution is -2.43. The first-order valence-corrected chi connectivity index (χ1v) is 9.75. The maximum Gasteiger partial charge on any atom is 0.258 e. The Balaban J connectivity index is 0.00000450. The van der Waals surface area contributed by atoms with Gasteiger partial charge in [0.1, 0.15) is 5.75 Å². The molecule has 2 aromatic rings. The molecule has 0 aliphatic carbocycles. The number of rotatable bonds is 10. The van der Waals surface area contributed by atoms with Crippen LogP contribution in [0, 0.1) is 0 Å². The van der Waals surface area contributed by atoms with E-state index in [2.05, 4.69) is 10.6 Å². The SMILES string of the molecule is COc1ccc(CCNCc2ccccc2OCC(=O)NC(C)(C)C)cc1OC.Cl. The number of methoxy groups -OCH3 is 2. The normalized spacial score (nSPS) is 10.7. The smallest absolute Gasteiger partial charge is 0.258 e. The Kier molecular flexibility index (Phi) is 10.5. The first kappa shape index (κ1) is 25.6. The van der Waals surface area contributed by atoms with Crippen molar-refractivity contribution in [3.05, 3.63) is 53.6 Å². The summed E-state index contributed by atoms with van der Waals surface area (Å²) in [5.74, 6) is 2.05. The van der Waals surface area contributed by atoms with Crippen molar-refractivity contribution < 1.29 is 19.0 Å². The molecule has 0 unspecified atom stereocenters. The molecule has 0 aliphatic rings. The molecule has 2 N–H and O–H groups in total. The van der Waals surface area contributed by atoms with Crippen LogP contribution in [0.4, 0.5) is 0 Å². The largest absolute Gasteiger partial charge is 0.493 e. The van der Waals surface area contributed by atoms with E-state index in [1.54, 1.807) is 14.2 Å². The van der Waals surface area contributed by atoms with E-state index in [4.69, 9.17) is 14.2 Å². The van der Waals surface area contributed by atoms with Gasteiger partial charge in [-0.3, -0.25) is 4.79 Å². The summed E-state index contributed by atoms with van der Waals surface area (Å²) in [6.07, 6.45) is 0.858. The lowest BCUT2D eigenvalue weighted by molar-refractivity contribution is -0.124. The molecule has 0 fully saturated rings. The fourth-order valence-corrected chi connectivity index (χ4v) is 2.88. The third-order valence-electron chi connectivity index (χ3n) is 4.20. The van der Waals surface area contributed by atoms with Gasteiger partial charge in [-0.2, -0.15) is 0 Å². The number of carbonyl (C=O) groups excluding carboxylic acids is 1. The minimum atomic E-state index is -0.272. The van der Waals surface area contributed by atoms with Crippen LogP contribution in [0.2, 0.25) is 0 Å². The molecular formula is C23H33ClN2O4. The van der Waals surface area contributed by atoms with Gasteiger partial charge >= 0.3 is 0 Å². The maximum atomic E-state index is 12.0. The van der Waals surface area contributed by atoms with Crippen LogP contribution < -0.4 is 24.8 Å². The summed E-state index contributed by atoms with van der Waals surface area (Å²) in [7, 11) is 3.27. The van der Waals surface area contributed by atoms with Gasteiger partial charge in [0.25, 0.3) is 5.91 Å². The van der Waals surface area contributed by atoms with E-state index in [-0.39, 0.29) is 30.5 Å². The van der Waals surface area contributed by atoms with Crippen molar-refractivity contribution >= 4 is 18.3 Å². The Morgan fingerprint density at radius 3 is 2.33 bits per heavy atom. The highest BCUT2D eigenvalue weighted by Crippen LogP contribution is 2.27. The van der Waals surface area contributed by atoms with Crippen molar-refractivity contribution in [2.45, 2.75) is 39.3 Å². The Hall–Kier alpha value is -2.44. The quantitative estimate of drug-likeness (QED) is 0.555. The summed E-state index contributed by atoms with van der Waals surface area (Å²) < 4.78 is 16.4. The molecular weight excluding hydrogens is 404 g/mol. The third-order valence-corrected chi connectivity index (χ3v) is 4.20. The Morgan fingerprint density at radius 1 is 0.967 bits per heavy atom. The molecule has 166 valence electrons. The Morgan fingerprint density at radius 2 is 1.67 bits per heavy atom. The van der Waals surface area contributed by atoms with Gasteiger partial charge in [0.2, 0.25) is 0 Å². The number of ether oxygens (including phenoxy) is 3. The predicted molar refractivity (Wildman–Crippen MR) is 122 cm³/mol. The maximum absolute atomic E-state index is 12.0. The molecule has 0 aromatic heterocycles. The lowest BCUT2D eigenvalue weighted by Gasteiger charge is -2.20. The summed E-state index contributed by atoms with van der Waals surface area (Å²) in [6, 6.07) is 13.7. The van der Waals surface area contributed by atoms with E-state index < -0.39 is 0 Å². The molecule has 6 nitrogen and oxygen atoms in total. The van der Waals surface area contributed by atoms with Crippen LogP contribution in [0.3, 0.4) is 0 Å². The van der Waals surface area contributed by atoms with E-state index in [0.717, 1.165) is 35.8 Å². The van der Waals surface area contributed by atoms with Gasteiger partial charge in [-0.25, -0.2) is 0 Å². The summed E-state index contributed by atoms with van der Waals surface area (Å²) in [5, 5.41) is 6.33. The van der Waals surface area contributed by atoms with Crippen molar-refractivity contribution in [1.82, 2.24) is 10.6 Å². The first-order chi connectivity index (χ1) is 13.8. The van der Waals surface area contributed by atoms with Crippen LogP contribution >= 0.6 is 12.4 Å². The molecule has 0 heterocycles. The minimum Gasteiger partial charge on any atom is -0.493 e. The molecule has 0 radical (unpaired) electrons. The van der Waals surface area contributed by atoms with Crippen LogP contribution in [-0.4, -0.2) is 38.8 Å². The molecule has 0 saturated heterocycles. The molecule has 0 bridgehead atoms. The average molecular weight is 437 g/mol. The fourth-order valence-electron chi connectivity index (χ4n) is 2.88. The molecule has 2 rings (SSSR count). The van der Waals surface area contributed by atoms with Gasteiger partial charge in [0, 0.05) is 17.6 Å². The zero-order chi connectivity index (χ0) is 21.3. The Bertz CT molecular complexity index is 806. The van der Waals surface area contributed by atoms with Gasteiger partial charge in [-0.15, -0.1) is 12.4 Å². The second kappa shape index (κ2) is 12.3. The minimum absolute atomic E-state index is 0. The molecule has 0 saturated carbocycles. The third kappa shape index (κ3) is 8.51. The molecule has 1 amide bonds. The lowest BCUT2D eigenvalue weighted by atomic mass is 10.1. The van der Waals surface area contributed by atoms with Crippen molar-refractivity contribution in [3.63, 3.8) is 0 Å². The number of hydrogen-bond acceptors (Lipinski definition) is 5. The summed E-state index contributed by atoms with van der Waals surface area (Å²) >= 11 is 0. The van der Waals surface area contributed by atoms with Crippen LogP contribution in [-0.2, 0) is 17.8 Å². The predicted octanol–water partition coefficient (Wildman–Crippen LogP) is 3.75.